The van der Waals surface area contributed by atoms with Crippen LogP contribution in [0.25, 0.3) is 0 Å². The van der Waals surface area contributed by atoms with E-state index in [9.17, 15) is 14.4 Å². The van der Waals surface area contributed by atoms with Gasteiger partial charge in [-0.3, -0.25) is 14.4 Å². The number of nitrogens with zero attached hydrogens (tertiary/aromatic N) is 1. The van der Waals surface area contributed by atoms with Crippen LogP contribution in [0.2, 0.25) is 0 Å². The minimum atomic E-state index is -0.490. The summed E-state index contributed by atoms with van der Waals surface area (Å²) in [6.45, 7) is 0.881. The van der Waals surface area contributed by atoms with Gasteiger partial charge in [0, 0.05) is 24.7 Å². The number of carbonyl (C=O) groups is 3. The number of benzene rings is 1. The minimum Gasteiger partial charge on any atom is -0.459 e. The zero-order valence-electron chi connectivity index (χ0n) is 15.5. The van der Waals surface area contributed by atoms with E-state index in [0.29, 0.717) is 19.5 Å². The number of hydrogen-bond donors (Lipinski definition) is 2. The van der Waals surface area contributed by atoms with Gasteiger partial charge < -0.3 is 20.0 Å². The van der Waals surface area contributed by atoms with Crippen LogP contribution >= 0.6 is 0 Å². The second kappa shape index (κ2) is 7.88. The van der Waals surface area contributed by atoms with E-state index < -0.39 is 6.04 Å². The molecule has 2 fully saturated rings. The fraction of sp³-hybridized carbons (Fsp3) is 0.381. The molecule has 2 aliphatic rings. The van der Waals surface area contributed by atoms with E-state index >= 15 is 0 Å². The van der Waals surface area contributed by atoms with E-state index in [2.05, 4.69) is 10.6 Å². The summed E-state index contributed by atoms with van der Waals surface area (Å²) in [5, 5.41) is 5.82. The van der Waals surface area contributed by atoms with Gasteiger partial charge in [0.25, 0.3) is 5.91 Å². The summed E-state index contributed by atoms with van der Waals surface area (Å²) < 4.78 is 5.17. The van der Waals surface area contributed by atoms with E-state index in [1.54, 1.807) is 17.0 Å². The summed E-state index contributed by atoms with van der Waals surface area (Å²) in [4.78, 5) is 38.6. The lowest BCUT2D eigenvalue weighted by Gasteiger charge is -2.23. The Balaban J connectivity index is 1.34. The molecule has 0 bridgehead atoms. The van der Waals surface area contributed by atoms with Crippen LogP contribution in [-0.4, -0.2) is 35.2 Å². The largest absolute Gasteiger partial charge is 0.459 e. The summed E-state index contributed by atoms with van der Waals surface area (Å²) in [5.41, 5.74) is 1.63. The molecule has 1 saturated carbocycles. The molecule has 1 saturated heterocycles. The molecule has 1 atom stereocenters. The van der Waals surface area contributed by atoms with Crippen molar-refractivity contribution in [1.82, 2.24) is 10.2 Å². The number of carbonyl (C=O) groups excluding carboxylic acids is 3. The third kappa shape index (κ3) is 4.08. The molecule has 0 spiro atoms. The molecule has 1 aromatic carbocycles. The van der Waals surface area contributed by atoms with Crippen molar-refractivity contribution in [3.8, 4) is 0 Å². The maximum absolute atomic E-state index is 12.7. The van der Waals surface area contributed by atoms with Gasteiger partial charge in [0.2, 0.25) is 11.8 Å². The number of rotatable bonds is 6. The zero-order chi connectivity index (χ0) is 19.5. The molecule has 1 aliphatic heterocycles. The summed E-state index contributed by atoms with van der Waals surface area (Å²) in [5.74, 6) is 0.0127. The number of nitrogens with one attached hydrogen (secondary N) is 2. The van der Waals surface area contributed by atoms with Gasteiger partial charge in [0.05, 0.1) is 6.26 Å². The minimum absolute atomic E-state index is 0.0548. The lowest BCUT2D eigenvalue weighted by Crippen LogP contribution is -2.45. The molecule has 146 valence electrons. The molecule has 0 radical (unpaired) electrons. The highest BCUT2D eigenvalue weighted by atomic mass is 16.3. The summed E-state index contributed by atoms with van der Waals surface area (Å²) in [6, 6.07) is 10.2. The normalized spacial score (nSPS) is 18.7. The fourth-order valence-corrected chi connectivity index (χ4v) is 3.48. The highest BCUT2D eigenvalue weighted by molar-refractivity contribution is 5.96. The van der Waals surface area contributed by atoms with Crippen molar-refractivity contribution >= 4 is 23.4 Å². The fourth-order valence-electron chi connectivity index (χ4n) is 3.48. The van der Waals surface area contributed by atoms with Crippen LogP contribution in [0, 0.1) is 5.92 Å². The van der Waals surface area contributed by atoms with Crippen molar-refractivity contribution in [3.63, 3.8) is 0 Å². The number of furan rings is 1. The van der Waals surface area contributed by atoms with Gasteiger partial charge in [-0.1, -0.05) is 12.1 Å². The standard InChI is InChI=1S/C21H23N3O4/c25-19(15-8-9-15)23-16-5-1-4-14(12-16)13-22-20(26)17-6-2-10-24(17)21(27)18-7-3-11-28-18/h1,3-5,7,11-12,15,17H,2,6,8-10,13H2,(H,22,26)(H,23,25). The second-order valence-electron chi connectivity index (χ2n) is 7.32. The van der Waals surface area contributed by atoms with E-state index in [4.69, 9.17) is 4.42 Å². The second-order valence-corrected chi connectivity index (χ2v) is 7.32. The van der Waals surface area contributed by atoms with Crippen LogP contribution in [0.5, 0.6) is 0 Å². The summed E-state index contributed by atoms with van der Waals surface area (Å²) >= 11 is 0. The maximum Gasteiger partial charge on any atom is 0.290 e. The molecule has 1 aromatic heterocycles. The predicted octanol–water partition coefficient (Wildman–Crippen LogP) is 2.55. The number of anilines is 1. The Labute approximate surface area is 163 Å². The van der Waals surface area contributed by atoms with Crippen molar-refractivity contribution in [2.75, 3.05) is 11.9 Å². The predicted molar refractivity (Wildman–Crippen MR) is 102 cm³/mol. The highest BCUT2D eigenvalue weighted by Crippen LogP contribution is 2.30. The molecule has 2 heterocycles. The van der Waals surface area contributed by atoms with E-state index in [1.165, 1.54) is 6.26 Å². The first-order valence-electron chi connectivity index (χ1n) is 9.64. The molecule has 2 N–H and O–H groups in total. The monoisotopic (exact) mass is 381 g/mol. The lowest BCUT2D eigenvalue weighted by atomic mass is 10.1. The van der Waals surface area contributed by atoms with Crippen LogP contribution < -0.4 is 10.6 Å². The zero-order valence-corrected chi connectivity index (χ0v) is 15.5. The number of hydrogen-bond acceptors (Lipinski definition) is 4. The van der Waals surface area contributed by atoms with Crippen molar-refractivity contribution in [3.05, 3.63) is 54.0 Å². The Morgan fingerprint density at radius 3 is 2.68 bits per heavy atom. The molecule has 2 aromatic rings. The molecule has 28 heavy (non-hydrogen) atoms. The smallest absolute Gasteiger partial charge is 0.290 e. The molecule has 1 aliphatic carbocycles. The molecular weight excluding hydrogens is 358 g/mol. The SMILES string of the molecule is O=C(Nc1cccc(CNC(=O)C2CCCN2C(=O)c2ccco2)c1)C1CC1. The van der Waals surface area contributed by atoms with Crippen molar-refractivity contribution in [2.24, 2.45) is 5.92 Å². The van der Waals surface area contributed by atoms with E-state index in [1.807, 2.05) is 24.3 Å². The Kier molecular flexibility index (Phi) is 5.14. The first-order chi connectivity index (χ1) is 13.6. The van der Waals surface area contributed by atoms with Gasteiger partial charge in [-0.2, -0.15) is 0 Å². The lowest BCUT2D eigenvalue weighted by molar-refractivity contribution is -0.125. The van der Waals surface area contributed by atoms with Crippen LogP contribution in [0.1, 0.15) is 41.8 Å². The van der Waals surface area contributed by atoms with Gasteiger partial charge in [-0.05, 0) is 55.5 Å². The van der Waals surface area contributed by atoms with Gasteiger partial charge >= 0.3 is 0 Å². The Bertz CT molecular complexity index is 874. The average molecular weight is 381 g/mol. The summed E-state index contributed by atoms with van der Waals surface area (Å²) in [7, 11) is 0. The molecule has 7 heteroatoms. The molecular formula is C21H23N3O4. The van der Waals surface area contributed by atoms with Gasteiger partial charge in [0.1, 0.15) is 6.04 Å². The Morgan fingerprint density at radius 1 is 1.07 bits per heavy atom. The van der Waals surface area contributed by atoms with E-state index in [-0.39, 0.29) is 29.4 Å². The number of likely N-dealkylation sites (tertiary alicyclic amines) is 1. The third-order valence-corrected chi connectivity index (χ3v) is 5.16. The van der Waals surface area contributed by atoms with Crippen molar-refractivity contribution < 1.29 is 18.8 Å². The maximum atomic E-state index is 12.7. The molecule has 1 unspecified atom stereocenters. The first kappa shape index (κ1) is 18.3. The van der Waals surface area contributed by atoms with Gasteiger partial charge in [0.15, 0.2) is 5.76 Å². The molecule has 4 rings (SSSR count). The quantitative estimate of drug-likeness (QED) is 0.804. The summed E-state index contributed by atoms with van der Waals surface area (Å²) in [6.07, 6.45) is 4.78. The third-order valence-electron chi connectivity index (χ3n) is 5.16. The number of amides is 3. The molecule has 3 amide bonds. The Morgan fingerprint density at radius 2 is 1.93 bits per heavy atom. The van der Waals surface area contributed by atoms with Crippen LogP contribution in [0.15, 0.2) is 47.1 Å². The first-order valence-corrected chi connectivity index (χ1v) is 9.64. The van der Waals surface area contributed by atoms with Crippen LogP contribution in [-0.2, 0) is 16.1 Å². The van der Waals surface area contributed by atoms with Crippen LogP contribution in [0.4, 0.5) is 5.69 Å². The Hall–Kier alpha value is -3.09. The van der Waals surface area contributed by atoms with Crippen molar-refractivity contribution in [2.45, 2.75) is 38.3 Å². The van der Waals surface area contributed by atoms with Crippen molar-refractivity contribution in [1.29, 1.82) is 0 Å². The average Bonchev–Trinajstić information content (AvgIpc) is 3.19. The van der Waals surface area contributed by atoms with Gasteiger partial charge in [-0.15, -0.1) is 0 Å². The highest BCUT2D eigenvalue weighted by Gasteiger charge is 2.35. The molecule has 7 nitrogen and oxygen atoms in total. The van der Waals surface area contributed by atoms with Crippen LogP contribution in [0.3, 0.4) is 0 Å². The van der Waals surface area contributed by atoms with E-state index in [0.717, 1.165) is 30.5 Å². The topological polar surface area (TPSA) is 91.7 Å². The van der Waals surface area contributed by atoms with Gasteiger partial charge in [-0.25, -0.2) is 0 Å².